The van der Waals surface area contributed by atoms with Gasteiger partial charge in [0.05, 0.1) is 4.90 Å². The molecule has 2 aromatic rings. The van der Waals surface area contributed by atoms with Crippen LogP contribution in [-0.4, -0.2) is 25.8 Å². The third-order valence-electron chi connectivity index (χ3n) is 5.82. The van der Waals surface area contributed by atoms with Crippen LogP contribution in [0.5, 0.6) is 0 Å². The van der Waals surface area contributed by atoms with Crippen molar-refractivity contribution in [3.8, 4) is 0 Å². The van der Waals surface area contributed by atoms with E-state index in [1.54, 1.807) is 16.4 Å². The monoisotopic (exact) mass is 399 g/mol. The van der Waals surface area contributed by atoms with Crippen molar-refractivity contribution in [1.82, 2.24) is 4.31 Å². The van der Waals surface area contributed by atoms with E-state index >= 15 is 0 Å². The highest BCUT2D eigenvalue weighted by molar-refractivity contribution is 7.89. The quantitative estimate of drug-likeness (QED) is 0.526. The van der Waals surface area contributed by atoms with Gasteiger partial charge in [-0.05, 0) is 61.3 Å². The molecule has 1 aliphatic rings. The zero-order valence-corrected chi connectivity index (χ0v) is 17.8. The fraction of sp³-hybridized carbons (Fsp3) is 0.500. The van der Waals surface area contributed by atoms with Gasteiger partial charge in [-0.25, -0.2) is 8.42 Å². The fourth-order valence-corrected chi connectivity index (χ4v) is 5.50. The Kier molecular flexibility index (Phi) is 7.69. The van der Waals surface area contributed by atoms with E-state index in [2.05, 4.69) is 31.2 Å². The van der Waals surface area contributed by atoms with Crippen molar-refractivity contribution in [3.63, 3.8) is 0 Å². The first-order chi connectivity index (χ1) is 13.6. The number of nitrogens with zero attached hydrogens (tertiary/aromatic N) is 1. The van der Waals surface area contributed by atoms with Gasteiger partial charge in [0.2, 0.25) is 10.0 Å². The molecule has 0 spiro atoms. The molecule has 1 aliphatic heterocycles. The third-order valence-corrected chi connectivity index (χ3v) is 7.73. The Bertz CT molecular complexity index is 807. The zero-order chi connectivity index (χ0) is 19.8. The predicted molar refractivity (Wildman–Crippen MR) is 116 cm³/mol. The van der Waals surface area contributed by atoms with E-state index < -0.39 is 10.0 Å². The van der Waals surface area contributed by atoms with Crippen LogP contribution in [0.4, 0.5) is 0 Å². The molecule has 152 valence electrons. The highest BCUT2D eigenvalue weighted by Gasteiger charge is 2.29. The molecule has 0 aromatic heterocycles. The first-order valence-corrected chi connectivity index (χ1v) is 12.2. The average Bonchev–Trinajstić information content (AvgIpc) is 2.73. The second-order valence-corrected chi connectivity index (χ2v) is 9.93. The van der Waals surface area contributed by atoms with Crippen molar-refractivity contribution in [2.75, 3.05) is 13.1 Å². The summed E-state index contributed by atoms with van der Waals surface area (Å²) in [6.07, 6.45) is 8.87. The van der Waals surface area contributed by atoms with Crippen molar-refractivity contribution in [3.05, 3.63) is 65.7 Å². The van der Waals surface area contributed by atoms with E-state index in [1.165, 1.54) is 36.8 Å². The van der Waals surface area contributed by atoms with Crippen molar-refractivity contribution in [2.45, 2.75) is 63.2 Å². The Morgan fingerprint density at radius 3 is 2.18 bits per heavy atom. The molecule has 1 saturated heterocycles. The summed E-state index contributed by atoms with van der Waals surface area (Å²) in [7, 11) is -3.37. The van der Waals surface area contributed by atoms with Crippen LogP contribution in [0.2, 0.25) is 0 Å². The van der Waals surface area contributed by atoms with Crippen LogP contribution >= 0.6 is 0 Å². The molecule has 0 N–H and O–H groups in total. The molecule has 4 heteroatoms. The molecule has 0 atom stereocenters. The average molecular weight is 400 g/mol. The molecule has 0 radical (unpaired) electrons. The highest BCUT2D eigenvalue weighted by Crippen LogP contribution is 2.26. The standard InChI is InChI=1S/C24H33NO2S/c1-2-3-4-6-9-21-12-14-24(15-13-21)28(26,27)25-18-16-23(17-19-25)20-22-10-7-5-8-11-22/h5,7-8,10-15,23H,2-4,6,9,16-20H2,1H3. The summed E-state index contributed by atoms with van der Waals surface area (Å²) >= 11 is 0. The number of aryl methyl sites for hydroxylation is 1. The predicted octanol–water partition coefficient (Wildman–Crippen LogP) is 5.45. The maximum atomic E-state index is 13.0. The Morgan fingerprint density at radius 2 is 1.54 bits per heavy atom. The second kappa shape index (κ2) is 10.2. The molecule has 0 saturated carbocycles. The van der Waals surface area contributed by atoms with Gasteiger partial charge in [-0.15, -0.1) is 0 Å². The van der Waals surface area contributed by atoms with Crippen LogP contribution in [0.25, 0.3) is 0 Å². The molecule has 3 nitrogen and oxygen atoms in total. The topological polar surface area (TPSA) is 37.4 Å². The number of hydrogen-bond acceptors (Lipinski definition) is 2. The summed E-state index contributed by atoms with van der Waals surface area (Å²) in [6, 6.07) is 18.1. The minimum Gasteiger partial charge on any atom is -0.207 e. The first kappa shape index (κ1) is 21.1. The summed E-state index contributed by atoms with van der Waals surface area (Å²) in [5, 5.41) is 0. The van der Waals surface area contributed by atoms with Gasteiger partial charge in [-0.1, -0.05) is 68.7 Å². The lowest BCUT2D eigenvalue weighted by Crippen LogP contribution is -2.38. The normalized spacial score (nSPS) is 16.3. The number of benzene rings is 2. The number of hydrogen-bond donors (Lipinski definition) is 0. The SMILES string of the molecule is CCCCCCc1ccc(S(=O)(=O)N2CCC(Cc3ccccc3)CC2)cc1. The van der Waals surface area contributed by atoms with Gasteiger partial charge < -0.3 is 0 Å². The van der Waals surface area contributed by atoms with Gasteiger partial charge in [-0.3, -0.25) is 0 Å². The summed E-state index contributed by atoms with van der Waals surface area (Å²) in [5.41, 5.74) is 2.58. The molecular formula is C24H33NO2S. The van der Waals surface area contributed by atoms with E-state index in [1.807, 2.05) is 18.2 Å². The number of piperidine rings is 1. The summed E-state index contributed by atoms with van der Waals surface area (Å²) in [4.78, 5) is 0.436. The fourth-order valence-electron chi connectivity index (χ4n) is 4.03. The smallest absolute Gasteiger partial charge is 0.207 e. The van der Waals surface area contributed by atoms with E-state index in [0.717, 1.165) is 25.7 Å². The van der Waals surface area contributed by atoms with Gasteiger partial charge in [0.15, 0.2) is 0 Å². The number of rotatable bonds is 9. The molecule has 28 heavy (non-hydrogen) atoms. The van der Waals surface area contributed by atoms with Gasteiger partial charge in [0.1, 0.15) is 0 Å². The minimum absolute atomic E-state index is 0.436. The maximum absolute atomic E-state index is 13.0. The highest BCUT2D eigenvalue weighted by atomic mass is 32.2. The van der Waals surface area contributed by atoms with Crippen LogP contribution in [0.1, 0.15) is 56.6 Å². The molecule has 0 unspecified atom stereocenters. The lowest BCUT2D eigenvalue weighted by molar-refractivity contribution is 0.273. The van der Waals surface area contributed by atoms with E-state index in [9.17, 15) is 8.42 Å². The summed E-state index contributed by atoms with van der Waals surface area (Å²) < 4.78 is 27.6. The van der Waals surface area contributed by atoms with Gasteiger partial charge in [0, 0.05) is 13.1 Å². The Balaban J connectivity index is 1.53. The van der Waals surface area contributed by atoms with E-state index in [0.29, 0.717) is 23.9 Å². The lowest BCUT2D eigenvalue weighted by Gasteiger charge is -2.31. The van der Waals surface area contributed by atoms with Crippen LogP contribution in [-0.2, 0) is 22.9 Å². The van der Waals surface area contributed by atoms with E-state index in [4.69, 9.17) is 0 Å². The Morgan fingerprint density at radius 1 is 0.857 bits per heavy atom. The minimum atomic E-state index is -3.37. The van der Waals surface area contributed by atoms with Crippen LogP contribution in [0.3, 0.4) is 0 Å². The third kappa shape index (κ3) is 5.68. The first-order valence-electron chi connectivity index (χ1n) is 10.7. The number of sulfonamides is 1. The van der Waals surface area contributed by atoms with Crippen LogP contribution in [0.15, 0.2) is 59.5 Å². The Hall–Kier alpha value is -1.65. The molecule has 0 amide bonds. The molecule has 2 aromatic carbocycles. The molecule has 1 fully saturated rings. The van der Waals surface area contributed by atoms with Gasteiger partial charge in [0.25, 0.3) is 0 Å². The van der Waals surface area contributed by atoms with Crippen molar-refractivity contribution in [1.29, 1.82) is 0 Å². The van der Waals surface area contributed by atoms with Crippen LogP contribution < -0.4 is 0 Å². The molecule has 1 heterocycles. The lowest BCUT2D eigenvalue weighted by atomic mass is 9.91. The van der Waals surface area contributed by atoms with Crippen molar-refractivity contribution < 1.29 is 8.42 Å². The van der Waals surface area contributed by atoms with Gasteiger partial charge >= 0.3 is 0 Å². The summed E-state index contributed by atoms with van der Waals surface area (Å²) in [5.74, 6) is 0.569. The largest absolute Gasteiger partial charge is 0.243 e. The molecule has 0 bridgehead atoms. The Labute approximate surface area is 170 Å². The van der Waals surface area contributed by atoms with Gasteiger partial charge in [-0.2, -0.15) is 4.31 Å². The zero-order valence-electron chi connectivity index (χ0n) is 17.0. The molecule has 3 rings (SSSR count). The molecule has 0 aliphatic carbocycles. The van der Waals surface area contributed by atoms with Crippen molar-refractivity contribution >= 4 is 10.0 Å². The maximum Gasteiger partial charge on any atom is 0.243 e. The van der Waals surface area contributed by atoms with Crippen LogP contribution in [0, 0.1) is 5.92 Å². The summed E-state index contributed by atoms with van der Waals surface area (Å²) in [6.45, 7) is 3.46. The second-order valence-electron chi connectivity index (χ2n) is 7.99. The molecular weight excluding hydrogens is 366 g/mol. The van der Waals surface area contributed by atoms with Crippen molar-refractivity contribution in [2.24, 2.45) is 5.92 Å². The van der Waals surface area contributed by atoms with E-state index in [-0.39, 0.29) is 0 Å². The number of unbranched alkanes of at least 4 members (excludes halogenated alkanes) is 3.